The number of ether oxygens (including phenoxy) is 2. The van der Waals surface area contributed by atoms with E-state index >= 15 is 0 Å². The van der Waals surface area contributed by atoms with Crippen LogP contribution in [-0.4, -0.2) is 85.2 Å². The number of nitrogens with zero attached hydrogens (tertiary/aromatic N) is 2. The van der Waals surface area contributed by atoms with Gasteiger partial charge in [0.25, 0.3) is 17.7 Å². The molecule has 0 spiro atoms. The van der Waals surface area contributed by atoms with Gasteiger partial charge in [0, 0.05) is 42.1 Å². The number of hydrogen-bond acceptors (Lipinski definition) is 7. The maximum absolute atomic E-state index is 13.2. The van der Waals surface area contributed by atoms with Crippen molar-refractivity contribution in [1.29, 1.82) is 5.41 Å². The minimum Gasteiger partial charge on any atom is -0.384 e. The molecule has 2 aliphatic rings. The van der Waals surface area contributed by atoms with E-state index in [0.717, 1.165) is 5.56 Å². The lowest BCUT2D eigenvalue weighted by atomic mass is 10.1. The van der Waals surface area contributed by atoms with Gasteiger partial charge in [-0.05, 0) is 55.0 Å². The number of hydrogen-bond donors (Lipinski definition) is 4. The Morgan fingerprint density at radius 1 is 1.08 bits per heavy atom. The molecular formula is C25H29N5O6. The molecule has 0 aliphatic carbocycles. The van der Waals surface area contributed by atoms with Crippen molar-refractivity contribution in [3.63, 3.8) is 0 Å². The lowest BCUT2D eigenvalue weighted by molar-refractivity contribution is -0.150. The number of carbonyl (C=O) groups is 3. The second kappa shape index (κ2) is 10.9. The van der Waals surface area contributed by atoms with Crippen molar-refractivity contribution in [1.82, 2.24) is 4.90 Å². The number of aliphatic hydroxyl groups excluding tert-OH is 1. The molecule has 36 heavy (non-hydrogen) atoms. The number of carbonyl (C=O) groups excluding carboxylic acids is 3. The number of anilines is 2. The molecule has 4 rings (SSSR count). The van der Waals surface area contributed by atoms with Crippen LogP contribution in [0.3, 0.4) is 0 Å². The van der Waals surface area contributed by atoms with Gasteiger partial charge in [-0.3, -0.25) is 19.8 Å². The molecule has 0 saturated carbocycles. The maximum Gasteiger partial charge on any atom is 0.259 e. The lowest BCUT2D eigenvalue weighted by Crippen LogP contribution is -2.55. The summed E-state index contributed by atoms with van der Waals surface area (Å²) in [7, 11) is 0. The first-order chi connectivity index (χ1) is 17.2. The van der Waals surface area contributed by atoms with Gasteiger partial charge in [0.05, 0.1) is 19.8 Å². The van der Waals surface area contributed by atoms with Gasteiger partial charge >= 0.3 is 0 Å². The minimum atomic E-state index is -1.76. The Morgan fingerprint density at radius 2 is 1.78 bits per heavy atom. The summed E-state index contributed by atoms with van der Waals surface area (Å²) in [4.78, 5) is 42.0. The Hall–Kier alpha value is -3.80. The minimum absolute atomic E-state index is 0.106. The zero-order valence-corrected chi connectivity index (χ0v) is 19.9. The van der Waals surface area contributed by atoms with E-state index in [2.05, 4.69) is 5.32 Å². The Morgan fingerprint density at radius 3 is 2.44 bits per heavy atom. The molecule has 11 heteroatoms. The predicted octanol–water partition coefficient (Wildman–Crippen LogP) is 0.483. The standard InChI is InChI=1S/C25H29N5O6/c1-15-12-17(24(33)29-6-9-35-10-7-29)14-19(13-15)30-8-11-36-21(25(30)34)20(31)23(32)28-18-4-2-16(3-5-18)22(26)27/h2-5,12-14,20-21,31H,6-11H2,1H3,(H3,26,27)(H,28,32)/t20-,21-/m1/s1. The second-order valence-electron chi connectivity index (χ2n) is 8.67. The van der Waals surface area contributed by atoms with Crippen molar-refractivity contribution in [2.45, 2.75) is 19.1 Å². The van der Waals surface area contributed by atoms with Crippen LogP contribution in [0.4, 0.5) is 11.4 Å². The van der Waals surface area contributed by atoms with Crippen LogP contribution in [0.15, 0.2) is 42.5 Å². The highest BCUT2D eigenvalue weighted by atomic mass is 16.5. The van der Waals surface area contributed by atoms with Gasteiger partial charge in [-0.1, -0.05) is 0 Å². The van der Waals surface area contributed by atoms with Crippen molar-refractivity contribution < 1.29 is 29.0 Å². The molecule has 0 bridgehead atoms. The van der Waals surface area contributed by atoms with Crippen LogP contribution in [-0.2, 0) is 19.1 Å². The Bertz CT molecular complexity index is 1160. The average molecular weight is 496 g/mol. The van der Waals surface area contributed by atoms with Crippen LogP contribution in [0.5, 0.6) is 0 Å². The van der Waals surface area contributed by atoms with E-state index < -0.39 is 24.0 Å². The van der Waals surface area contributed by atoms with E-state index in [1.807, 2.05) is 6.92 Å². The van der Waals surface area contributed by atoms with Crippen LogP contribution in [0.2, 0.25) is 0 Å². The maximum atomic E-state index is 13.2. The topological polar surface area (TPSA) is 158 Å². The Kier molecular flexibility index (Phi) is 7.63. The molecule has 190 valence electrons. The van der Waals surface area contributed by atoms with Gasteiger partial charge in [-0.25, -0.2) is 0 Å². The van der Waals surface area contributed by atoms with E-state index in [0.29, 0.717) is 48.8 Å². The molecule has 3 amide bonds. The number of morpholine rings is 2. The largest absolute Gasteiger partial charge is 0.384 e. The summed E-state index contributed by atoms with van der Waals surface area (Å²) >= 11 is 0. The molecule has 0 aromatic heterocycles. The summed E-state index contributed by atoms with van der Waals surface area (Å²) in [6.45, 7) is 4.11. The predicted molar refractivity (Wildman–Crippen MR) is 132 cm³/mol. The molecule has 2 aromatic carbocycles. The van der Waals surface area contributed by atoms with Crippen LogP contribution in [0.1, 0.15) is 21.5 Å². The van der Waals surface area contributed by atoms with Crippen molar-refractivity contribution in [2.24, 2.45) is 5.73 Å². The molecule has 2 heterocycles. The number of benzene rings is 2. The summed E-state index contributed by atoms with van der Waals surface area (Å²) in [5.41, 5.74) is 8.04. The fourth-order valence-corrected chi connectivity index (χ4v) is 4.17. The van der Waals surface area contributed by atoms with E-state index in [1.165, 1.54) is 17.0 Å². The van der Waals surface area contributed by atoms with Gasteiger partial charge in [0.15, 0.2) is 12.2 Å². The number of aryl methyl sites for hydroxylation is 1. The Labute approximate surface area is 208 Å². The summed E-state index contributed by atoms with van der Waals surface area (Å²) in [5.74, 6) is -1.64. The van der Waals surface area contributed by atoms with E-state index in [1.54, 1.807) is 35.2 Å². The van der Waals surface area contributed by atoms with Crippen LogP contribution >= 0.6 is 0 Å². The molecule has 2 aromatic rings. The van der Waals surface area contributed by atoms with Gasteiger partial charge in [-0.15, -0.1) is 0 Å². The summed E-state index contributed by atoms with van der Waals surface area (Å²) < 4.78 is 10.8. The third kappa shape index (κ3) is 5.54. The number of nitrogens with two attached hydrogens (primary N) is 1. The molecule has 11 nitrogen and oxygen atoms in total. The molecule has 2 atom stereocenters. The van der Waals surface area contributed by atoms with Gasteiger partial charge in [0.2, 0.25) is 0 Å². The van der Waals surface area contributed by atoms with Crippen molar-refractivity contribution in [3.8, 4) is 0 Å². The molecule has 5 N–H and O–H groups in total. The number of amidine groups is 1. The van der Waals surface area contributed by atoms with E-state index in [9.17, 15) is 19.5 Å². The van der Waals surface area contributed by atoms with Gasteiger partial charge in [0.1, 0.15) is 5.84 Å². The quantitative estimate of drug-likeness (QED) is 0.335. The molecule has 0 unspecified atom stereocenters. The monoisotopic (exact) mass is 495 g/mol. The zero-order valence-electron chi connectivity index (χ0n) is 19.9. The van der Waals surface area contributed by atoms with Crippen molar-refractivity contribution in [2.75, 3.05) is 49.7 Å². The molecular weight excluding hydrogens is 466 g/mol. The number of amides is 3. The zero-order chi connectivity index (χ0) is 25.8. The molecule has 2 saturated heterocycles. The first-order valence-corrected chi connectivity index (χ1v) is 11.6. The van der Waals surface area contributed by atoms with E-state index in [4.69, 9.17) is 20.6 Å². The smallest absolute Gasteiger partial charge is 0.259 e. The molecule has 2 fully saturated rings. The second-order valence-corrected chi connectivity index (χ2v) is 8.67. The summed E-state index contributed by atoms with van der Waals surface area (Å²) in [6, 6.07) is 11.4. The van der Waals surface area contributed by atoms with Crippen molar-refractivity contribution >= 4 is 34.9 Å². The number of nitrogen functional groups attached to an aromatic ring is 1. The highest BCUT2D eigenvalue weighted by molar-refractivity contribution is 6.05. The van der Waals surface area contributed by atoms with Crippen LogP contribution < -0.4 is 16.0 Å². The first kappa shape index (κ1) is 25.3. The lowest BCUT2D eigenvalue weighted by Gasteiger charge is -2.34. The van der Waals surface area contributed by atoms with Gasteiger partial charge < -0.3 is 35.4 Å². The van der Waals surface area contributed by atoms with Crippen LogP contribution in [0, 0.1) is 12.3 Å². The van der Waals surface area contributed by atoms with Crippen molar-refractivity contribution in [3.05, 3.63) is 59.2 Å². The van der Waals surface area contributed by atoms with Crippen LogP contribution in [0.25, 0.3) is 0 Å². The fourth-order valence-electron chi connectivity index (χ4n) is 4.17. The third-order valence-corrected chi connectivity index (χ3v) is 6.06. The summed E-state index contributed by atoms with van der Waals surface area (Å²) in [5, 5.41) is 20.6. The highest BCUT2D eigenvalue weighted by Crippen LogP contribution is 2.25. The molecule has 2 aliphatic heterocycles. The highest BCUT2D eigenvalue weighted by Gasteiger charge is 2.39. The average Bonchev–Trinajstić information content (AvgIpc) is 2.88. The van der Waals surface area contributed by atoms with Gasteiger partial charge in [-0.2, -0.15) is 0 Å². The number of rotatable bonds is 6. The molecule has 0 radical (unpaired) electrons. The SMILES string of the molecule is Cc1cc(C(=O)N2CCOCC2)cc(N2CCO[C@H]([C@@H](O)C(=O)Nc3ccc(C(=N)N)cc3)C2=O)c1. The first-order valence-electron chi connectivity index (χ1n) is 11.6. The third-order valence-electron chi connectivity index (χ3n) is 6.06. The summed E-state index contributed by atoms with van der Waals surface area (Å²) in [6.07, 6.45) is -3.17. The fraction of sp³-hybridized carbons (Fsp3) is 0.360. The number of aliphatic hydroxyl groups is 1. The van der Waals surface area contributed by atoms with E-state index in [-0.39, 0.29) is 24.9 Å². The Balaban J connectivity index is 1.48. The normalized spacial score (nSPS) is 19.1. The number of nitrogens with one attached hydrogen (secondary N) is 2.